The van der Waals surface area contributed by atoms with E-state index in [1.165, 1.54) is 4.90 Å². The van der Waals surface area contributed by atoms with Crippen LogP contribution in [0, 0.1) is 0 Å². The molecule has 0 fully saturated rings. The molecule has 1 amide bonds. The third kappa shape index (κ3) is 3.19. The van der Waals surface area contributed by atoms with Gasteiger partial charge in [0, 0.05) is 15.7 Å². The third-order valence-corrected chi connectivity index (χ3v) is 5.38. The van der Waals surface area contributed by atoms with Gasteiger partial charge in [-0.25, -0.2) is 0 Å². The van der Waals surface area contributed by atoms with Crippen molar-refractivity contribution in [3.05, 3.63) is 51.2 Å². The van der Waals surface area contributed by atoms with Crippen LogP contribution in [0.1, 0.15) is 23.6 Å². The number of benzene rings is 1. The van der Waals surface area contributed by atoms with Gasteiger partial charge in [-0.15, -0.1) is 11.8 Å². The molecule has 0 aliphatic carbocycles. The first-order valence-electron chi connectivity index (χ1n) is 6.45. The molecular weight excluding hydrogens is 310 g/mol. The zero-order valence-electron chi connectivity index (χ0n) is 10.8. The molecular formula is C15H14ClNOS2. The number of rotatable bonds is 3. The van der Waals surface area contributed by atoms with Gasteiger partial charge >= 0.3 is 0 Å². The predicted molar refractivity (Wildman–Crippen MR) is 85.7 cm³/mol. The first-order valence-corrected chi connectivity index (χ1v) is 8.76. The molecule has 2 heterocycles. The fourth-order valence-electron chi connectivity index (χ4n) is 2.34. The number of thioether (sulfide) groups is 1. The molecule has 3 rings (SSSR count). The fraction of sp³-hybridized carbons (Fsp3) is 0.267. The average Bonchev–Trinajstić information content (AvgIpc) is 2.92. The van der Waals surface area contributed by atoms with E-state index < -0.39 is 0 Å². The Morgan fingerprint density at radius 3 is 3.10 bits per heavy atom. The molecule has 5 heteroatoms. The Hall–Kier alpha value is -0.970. The smallest absolute Gasteiger partial charge is 0.224 e. The van der Waals surface area contributed by atoms with Gasteiger partial charge in [0.05, 0.1) is 12.5 Å². The lowest BCUT2D eigenvalue weighted by Crippen LogP contribution is -2.31. The molecule has 20 heavy (non-hydrogen) atoms. The molecule has 1 aromatic heterocycles. The van der Waals surface area contributed by atoms with E-state index >= 15 is 0 Å². The van der Waals surface area contributed by atoms with Gasteiger partial charge in [-0.1, -0.05) is 11.6 Å². The molecule has 0 saturated heterocycles. The molecule has 0 saturated carbocycles. The minimum absolute atomic E-state index is 0.0752. The molecule has 1 aromatic carbocycles. The quantitative estimate of drug-likeness (QED) is 0.912. The molecule has 104 valence electrons. The average molecular weight is 324 g/mol. The maximum absolute atomic E-state index is 12.1. The van der Waals surface area contributed by atoms with E-state index in [0.29, 0.717) is 6.42 Å². The highest BCUT2D eigenvalue weighted by molar-refractivity contribution is 7.99. The number of carbonyl (C=O) groups excluding carboxylic acids is 1. The summed E-state index contributed by atoms with van der Waals surface area (Å²) in [6.07, 6.45) is 1.40. The van der Waals surface area contributed by atoms with Crippen LogP contribution in [0.3, 0.4) is 0 Å². The number of carbonyl (C=O) groups is 1. The molecule has 1 N–H and O–H groups in total. The number of hydrogen-bond acceptors (Lipinski definition) is 3. The number of amides is 1. The van der Waals surface area contributed by atoms with Gasteiger partial charge in [0.25, 0.3) is 0 Å². The van der Waals surface area contributed by atoms with Crippen molar-refractivity contribution in [2.24, 2.45) is 0 Å². The monoisotopic (exact) mass is 323 g/mol. The number of fused-ring (bicyclic) bond motifs is 1. The molecule has 0 radical (unpaired) electrons. The highest BCUT2D eigenvalue weighted by Crippen LogP contribution is 2.37. The summed E-state index contributed by atoms with van der Waals surface area (Å²) in [5.74, 6) is 1.10. The number of halogens is 1. The van der Waals surface area contributed by atoms with Gasteiger partial charge in [0.1, 0.15) is 0 Å². The molecule has 1 unspecified atom stereocenters. The van der Waals surface area contributed by atoms with Crippen LogP contribution in [-0.4, -0.2) is 11.7 Å². The van der Waals surface area contributed by atoms with E-state index in [1.54, 1.807) is 11.3 Å². The summed E-state index contributed by atoms with van der Waals surface area (Å²) in [4.78, 5) is 13.4. The summed E-state index contributed by atoms with van der Waals surface area (Å²) in [7, 11) is 0. The van der Waals surface area contributed by atoms with Crippen LogP contribution in [0.4, 0.5) is 0 Å². The van der Waals surface area contributed by atoms with E-state index in [0.717, 1.165) is 28.3 Å². The van der Waals surface area contributed by atoms with Crippen LogP contribution in [-0.2, 0) is 11.2 Å². The van der Waals surface area contributed by atoms with Gasteiger partial charge in [0.15, 0.2) is 0 Å². The topological polar surface area (TPSA) is 29.1 Å². The van der Waals surface area contributed by atoms with Crippen LogP contribution in [0.15, 0.2) is 39.9 Å². The van der Waals surface area contributed by atoms with Crippen LogP contribution >= 0.6 is 34.7 Å². The van der Waals surface area contributed by atoms with Crippen LogP contribution in [0.25, 0.3) is 0 Å². The Bertz CT molecular complexity index is 612. The maximum atomic E-state index is 12.1. The molecule has 2 nitrogen and oxygen atoms in total. The Morgan fingerprint density at radius 1 is 1.40 bits per heavy atom. The van der Waals surface area contributed by atoms with Crippen molar-refractivity contribution in [3.63, 3.8) is 0 Å². The molecule has 1 aliphatic heterocycles. The Kier molecular flexibility index (Phi) is 4.34. The van der Waals surface area contributed by atoms with Crippen LogP contribution in [0.2, 0.25) is 5.02 Å². The van der Waals surface area contributed by atoms with Crippen molar-refractivity contribution in [1.82, 2.24) is 5.32 Å². The Labute approximate surface area is 131 Å². The number of nitrogens with one attached hydrogen (secondary N) is 1. The fourth-order valence-corrected chi connectivity index (χ4v) is 4.29. The minimum atomic E-state index is 0.0752. The Balaban J connectivity index is 1.72. The Morgan fingerprint density at radius 2 is 2.30 bits per heavy atom. The van der Waals surface area contributed by atoms with Gasteiger partial charge in [-0.2, -0.15) is 11.3 Å². The van der Waals surface area contributed by atoms with E-state index in [9.17, 15) is 4.79 Å². The van der Waals surface area contributed by atoms with Crippen molar-refractivity contribution in [3.8, 4) is 0 Å². The van der Waals surface area contributed by atoms with Crippen molar-refractivity contribution in [2.75, 3.05) is 5.75 Å². The highest BCUT2D eigenvalue weighted by atomic mass is 35.5. The van der Waals surface area contributed by atoms with Crippen molar-refractivity contribution in [1.29, 1.82) is 0 Å². The summed E-state index contributed by atoms with van der Waals surface area (Å²) in [6.45, 7) is 0. The second-order valence-corrected chi connectivity index (χ2v) is 7.10. The second kappa shape index (κ2) is 6.20. The normalized spacial score (nSPS) is 17.6. The third-order valence-electron chi connectivity index (χ3n) is 3.29. The van der Waals surface area contributed by atoms with Crippen molar-refractivity contribution >= 4 is 40.6 Å². The summed E-state index contributed by atoms with van der Waals surface area (Å²) in [5.41, 5.74) is 2.22. The summed E-state index contributed by atoms with van der Waals surface area (Å²) in [5, 5.41) is 7.87. The van der Waals surface area contributed by atoms with E-state index in [2.05, 4.69) is 5.32 Å². The van der Waals surface area contributed by atoms with Gasteiger partial charge < -0.3 is 5.32 Å². The standard InChI is InChI=1S/C15H14ClNOS2/c16-11-1-2-14-12(8-11)13(4-6-20-14)17-15(18)7-10-3-5-19-9-10/h1-3,5,8-9,13H,4,6-7H2,(H,17,18). The van der Waals surface area contributed by atoms with E-state index in [-0.39, 0.29) is 11.9 Å². The summed E-state index contributed by atoms with van der Waals surface area (Å²) in [6, 6.07) is 7.99. The zero-order chi connectivity index (χ0) is 13.9. The molecule has 0 spiro atoms. The van der Waals surface area contributed by atoms with Gasteiger partial charge in [-0.3, -0.25) is 4.79 Å². The van der Waals surface area contributed by atoms with E-state index in [4.69, 9.17) is 11.6 Å². The highest BCUT2D eigenvalue weighted by Gasteiger charge is 2.22. The molecule has 2 aromatic rings. The number of thiophene rings is 1. The first kappa shape index (κ1) is 14.0. The summed E-state index contributed by atoms with van der Waals surface area (Å²) >= 11 is 9.52. The lowest BCUT2D eigenvalue weighted by Gasteiger charge is -2.26. The summed E-state index contributed by atoms with van der Waals surface area (Å²) < 4.78 is 0. The van der Waals surface area contributed by atoms with E-state index in [1.807, 2.05) is 46.8 Å². The van der Waals surface area contributed by atoms with Crippen molar-refractivity contribution in [2.45, 2.75) is 23.8 Å². The lowest BCUT2D eigenvalue weighted by atomic mass is 10.0. The van der Waals surface area contributed by atoms with Crippen molar-refractivity contribution < 1.29 is 4.79 Å². The van der Waals surface area contributed by atoms with Gasteiger partial charge in [0.2, 0.25) is 5.91 Å². The molecule has 0 bridgehead atoms. The number of hydrogen-bond donors (Lipinski definition) is 1. The minimum Gasteiger partial charge on any atom is -0.349 e. The maximum Gasteiger partial charge on any atom is 0.224 e. The largest absolute Gasteiger partial charge is 0.349 e. The molecule has 1 aliphatic rings. The second-order valence-electron chi connectivity index (χ2n) is 4.75. The van der Waals surface area contributed by atoms with Gasteiger partial charge in [-0.05, 0) is 52.6 Å². The van der Waals surface area contributed by atoms with Crippen LogP contribution in [0.5, 0.6) is 0 Å². The zero-order valence-corrected chi connectivity index (χ0v) is 13.2. The molecule has 1 atom stereocenters. The lowest BCUT2D eigenvalue weighted by molar-refractivity contribution is -0.121. The SMILES string of the molecule is O=C(Cc1ccsc1)NC1CCSc2ccc(Cl)cc21. The van der Waals surface area contributed by atoms with Crippen LogP contribution < -0.4 is 5.32 Å². The first-order chi connectivity index (χ1) is 9.72. The predicted octanol–water partition coefficient (Wildman–Crippen LogP) is 4.30.